The monoisotopic (exact) mass is 468 g/mol. The third-order valence-corrected chi connectivity index (χ3v) is 11.5. The van der Waals surface area contributed by atoms with Crippen LogP contribution in [0, 0.1) is 51.2 Å². The molecule has 0 aromatic carbocycles. The molecule has 188 valence electrons. The highest BCUT2D eigenvalue weighted by Crippen LogP contribution is 2.74. The normalized spacial score (nSPS) is 49.4. The van der Waals surface area contributed by atoms with Crippen molar-refractivity contribution in [1.29, 1.82) is 0 Å². The highest BCUT2D eigenvalue weighted by molar-refractivity contribution is 5.85. The second-order valence-electron chi connectivity index (χ2n) is 13.8. The van der Waals surface area contributed by atoms with E-state index in [0.29, 0.717) is 18.3 Å². The van der Waals surface area contributed by atoms with Gasteiger partial charge in [-0.3, -0.25) is 9.59 Å². The number of esters is 1. The summed E-state index contributed by atoms with van der Waals surface area (Å²) >= 11 is 0. The van der Waals surface area contributed by atoms with Crippen LogP contribution in [0.5, 0.6) is 0 Å². The first kappa shape index (κ1) is 24.3. The van der Waals surface area contributed by atoms with Crippen LogP contribution in [-0.2, 0) is 14.3 Å². The first-order valence-electron chi connectivity index (χ1n) is 13.6. The van der Waals surface area contributed by atoms with Gasteiger partial charge in [-0.25, -0.2) is 0 Å². The number of rotatable bonds is 3. The predicted molar refractivity (Wildman–Crippen MR) is 133 cm³/mol. The molecule has 0 amide bonds. The number of hydrogen-bond donors (Lipinski definition) is 1. The summed E-state index contributed by atoms with van der Waals surface area (Å²) in [7, 11) is 0. The van der Waals surface area contributed by atoms with Gasteiger partial charge in [-0.1, -0.05) is 72.3 Å². The molecule has 0 aromatic heterocycles. The summed E-state index contributed by atoms with van der Waals surface area (Å²) in [5.41, 5.74) is 0.655. The van der Waals surface area contributed by atoms with Crippen LogP contribution >= 0.6 is 0 Å². The van der Waals surface area contributed by atoms with E-state index in [-0.39, 0.29) is 51.9 Å². The van der Waals surface area contributed by atoms with Crippen molar-refractivity contribution in [3.63, 3.8) is 0 Å². The summed E-state index contributed by atoms with van der Waals surface area (Å²) in [6.45, 7) is 15.5. The van der Waals surface area contributed by atoms with Gasteiger partial charge in [-0.2, -0.15) is 0 Å². The van der Waals surface area contributed by atoms with Crippen LogP contribution in [0.4, 0.5) is 0 Å². The van der Waals surface area contributed by atoms with Gasteiger partial charge in [0, 0.05) is 23.7 Å². The molecule has 0 aromatic rings. The summed E-state index contributed by atoms with van der Waals surface area (Å²) in [6, 6.07) is 0. The molecule has 3 saturated carbocycles. The Labute approximate surface area is 205 Å². The van der Waals surface area contributed by atoms with Crippen LogP contribution in [0.25, 0.3) is 0 Å². The van der Waals surface area contributed by atoms with Gasteiger partial charge in [-0.15, -0.1) is 0 Å². The molecule has 4 fully saturated rings. The Kier molecular flexibility index (Phi) is 5.39. The Balaban J connectivity index is 1.54. The Hall–Kier alpha value is -1.42. The zero-order valence-corrected chi connectivity index (χ0v) is 22.2. The summed E-state index contributed by atoms with van der Waals surface area (Å²) < 4.78 is 6.06. The highest BCUT2D eigenvalue weighted by atomic mass is 16.6. The maximum Gasteiger partial charge on any atom is 0.309 e. The molecule has 4 heteroatoms. The zero-order valence-electron chi connectivity index (χ0n) is 22.2. The Morgan fingerprint density at radius 2 is 1.85 bits per heavy atom. The van der Waals surface area contributed by atoms with Gasteiger partial charge in [0.1, 0.15) is 11.9 Å². The summed E-state index contributed by atoms with van der Waals surface area (Å²) in [5, 5.41) is 11.5. The zero-order chi connectivity index (χ0) is 24.8. The molecule has 5 rings (SSSR count). The second kappa shape index (κ2) is 7.54. The highest BCUT2D eigenvalue weighted by Gasteiger charge is 2.71. The molecule has 4 aliphatic carbocycles. The molecule has 1 saturated heterocycles. The fourth-order valence-corrected chi connectivity index (χ4v) is 9.69. The van der Waals surface area contributed by atoms with E-state index in [2.05, 4.69) is 52.8 Å². The Morgan fingerprint density at radius 1 is 1.15 bits per heavy atom. The van der Waals surface area contributed by atoms with Crippen LogP contribution in [0.1, 0.15) is 87.0 Å². The van der Waals surface area contributed by atoms with Gasteiger partial charge in [-0.05, 0) is 60.2 Å². The van der Waals surface area contributed by atoms with Crippen LogP contribution < -0.4 is 0 Å². The quantitative estimate of drug-likeness (QED) is 0.415. The maximum absolute atomic E-state index is 12.9. The standard InChI is InChI=1S/C30H44O4/c1-17(2)9-8-10-18-24-22(34-26(18)33)16-30(7)20-15-21(31)25-27(3,4)23(32)12-13-28(25,5)19(20)11-14-29(24,30)6/h8-9,15,17-19,21-22,24-25,31H,10-14,16H2,1-7H3/b9-8+/t18-,19?,21-,22+,24-,25+,28-,29+,30-/m1/s1. The molecule has 1 N–H and O–H groups in total. The van der Waals surface area contributed by atoms with Gasteiger partial charge >= 0.3 is 5.97 Å². The van der Waals surface area contributed by atoms with E-state index in [1.165, 1.54) is 5.57 Å². The number of carbonyl (C=O) groups excluding carboxylic acids is 2. The van der Waals surface area contributed by atoms with Crippen LogP contribution in [-0.4, -0.2) is 29.1 Å². The number of ketones is 1. The minimum absolute atomic E-state index is 0.0222. The topological polar surface area (TPSA) is 63.6 Å². The molecule has 1 aliphatic heterocycles. The predicted octanol–water partition coefficient (Wildman–Crippen LogP) is 5.89. The van der Waals surface area contributed by atoms with E-state index in [9.17, 15) is 14.7 Å². The summed E-state index contributed by atoms with van der Waals surface area (Å²) in [4.78, 5) is 25.8. The van der Waals surface area contributed by atoms with Crippen molar-refractivity contribution in [3.8, 4) is 0 Å². The van der Waals surface area contributed by atoms with E-state index in [1.54, 1.807) is 0 Å². The first-order valence-corrected chi connectivity index (χ1v) is 13.6. The lowest BCUT2D eigenvalue weighted by molar-refractivity contribution is -0.157. The molecule has 0 radical (unpaired) electrons. The number of Topliss-reactive ketones (excluding diaryl/α,β-unsaturated/α-hetero) is 1. The van der Waals surface area contributed by atoms with Crippen molar-refractivity contribution >= 4 is 11.8 Å². The van der Waals surface area contributed by atoms with Crippen molar-refractivity contribution in [3.05, 3.63) is 23.8 Å². The van der Waals surface area contributed by atoms with Crippen molar-refractivity contribution < 1.29 is 19.4 Å². The lowest BCUT2D eigenvalue weighted by Gasteiger charge is -2.63. The third-order valence-electron chi connectivity index (χ3n) is 11.5. The van der Waals surface area contributed by atoms with E-state index >= 15 is 0 Å². The number of aliphatic hydroxyl groups is 1. The van der Waals surface area contributed by atoms with Crippen molar-refractivity contribution in [2.75, 3.05) is 0 Å². The maximum atomic E-state index is 12.9. The molecule has 0 spiro atoms. The third kappa shape index (κ3) is 2.99. The Bertz CT molecular complexity index is 959. The number of allylic oxidation sites excluding steroid dienone is 3. The molecule has 1 heterocycles. The van der Waals surface area contributed by atoms with E-state index in [0.717, 1.165) is 32.1 Å². The SMILES string of the molecule is CC(C)/C=C/C[C@H]1C(=O)O[C@H]2C[C@]3(C)C4=C[C@@H](O)[C@H]5C(C)(C)C(=O)CC[C@]5(C)C4CC[C@@]3(C)[C@@H]21. The van der Waals surface area contributed by atoms with Crippen molar-refractivity contribution in [1.82, 2.24) is 0 Å². The molecule has 0 bridgehead atoms. The molecule has 34 heavy (non-hydrogen) atoms. The van der Waals surface area contributed by atoms with Crippen LogP contribution in [0.15, 0.2) is 23.8 Å². The van der Waals surface area contributed by atoms with E-state index < -0.39 is 11.5 Å². The Morgan fingerprint density at radius 3 is 2.53 bits per heavy atom. The number of fused-ring (bicyclic) bond motifs is 7. The molecule has 1 unspecified atom stereocenters. The fraction of sp³-hybridized carbons (Fsp3) is 0.800. The number of aliphatic hydroxyl groups excluding tert-OH is 1. The number of hydrogen-bond acceptors (Lipinski definition) is 4. The average molecular weight is 469 g/mol. The molecular weight excluding hydrogens is 424 g/mol. The number of carbonyl (C=O) groups is 2. The second-order valence-corrected chi connectivity index (χ2v) is 13.8. The lowest BCUT2D eigenvalue weighted by atomic mass is 9.40. The fourth-order valence-electron chi connectivity index (χ4n) is 9.69. The minimum Gasteiger partial charge on any atom is -0.462 e. The summed E-state index contributed by atoms with van der Waals surface area (Å²) in [5.74, 6) is 1.21. The lowest BCUT2D eigenvalue weighted by Crippen LogP contribution is -2.61. The average Bonchev–Trinajstić information content (AvgIpc) is 3.15. The van der Waals surface area contributed by atoms with E-state index in [4.69, 9.17) is 4.74 Å². The summed E-state index contributed by atoms with van der Waals surface area (Å²) in [6.07, 6.45) is 11.1. The van der Waals surface area contributed by atoms with Crippen molar-refractivity contribution in [2.45, 2.75) is 99.2 Å². The van der Waals surface area contributed by atoms with Gasteiger partial charge < -0.3 is 9.84 Å². The smallest absolute Gasteiger partial charge is 0.309 e. The molecule has 4 nitrogen and oxygen atoms in total. The van der Waals surface area contributed by atoms with Gasteiger partial charge in [0.15, 0.2) is 0 Å². The van der Waals surface area contributed by atoms with Gasteiger partial charge in [0.25, 0.3) is 0 Å². The van der Waals surface area contributed by atoms with Crippen LogP contribution in [0.2, 0.25) is 0 Å². The minimum atomic E-state index is -0.609. The molecular formula is C30H44O4. The van der Waals surface area contributed by atoms with Gasteiger partial charge in [0.05, 0.1) is 12.0 Å². The first-order chi connectivity index (χ1) is 15.8. The molecule has 5 aliphatic rings. The largest absolute Gasteiger partial charge is 0.462 e. The molecule has 9 atom stereocenters. The number of ether oxygens (including phenoxy) is 1. The van der Waals surface area contributed by atoms with Crippen molar-refractivity contribution in [2.24, 2.45) is 51.2 Å². The van der Waals surface area contributed by atoms with Crippen LogP contribution in [0.3, 0.4) is 0 Å². The van der Waals surface area contributed by atoms with E-state index in [1.807, 2.05) is 13.8 Å². The van der Waals surface area contributed by atoms with Gasteiger partial charge in [0.2, 0.25) is 0 Å².